The molecule has 0 aromatic rings. The molecule has 0 aromatic carbocycles. The molecule has 0 bridgehead atoms. The number of hydrogen-bond acceptors (Lipinski definition) is 1. The van der Waals surface area contributed by atoms with Crippen molar-refractivity contribution in [1.29, 1.82) is 0 Å². The third-order valence-corrected chi connectivity index (χ3v) is 1.65. The summed E-state index contributed by atoms with van der Waals surface area (Å²) >= 11 is 0. The summed E-state index contributed by atoms with van der Waals surface area (Å²) in [5.41, 5.74) is 0. The Hall–Kier alpha value is -0.250. The molecule has 0 amide bonds. The Balaban J connectivity index is 4.10. The second-order valence-electron chi connectivity index (χ2n) is 2.95. The van der Waals surface area contributed by atoms with Gasteiger partial charge in [-0.2, -0.15) is 13.2 Å². The van der Waals surface area contributed by atoms with Crippen molar-refractivity contribution in [3.8, 4) is 0 Å². The first kappa shape index (κ1) is 10.8. The molecule has 0 radical (unpaired) electrons. The Morgan fingerprint density at radius 1 is 1.27 bits per heavy atom. The number of nitrogens with one attached hydrogen (secondary N) is 1. The van der Waals surface area contributed by atoms with Gasteiger partial charge in [-0.25, -0.2) is 0 Å². The van der Waals surface area contributed by atoms with Gasteiger partial charge in [0, 0.05) is 6.54 Å². The van der Waals surface area contributed by atoms with Gasteiger partial charge < -0.3 is 5.32 Å². The van der Waals surface area contributed by atoms with Crippen LogP contribution in [0.5, 0.6) is 0 Å². The molecule has 1 N–H and O–H groups in total. The van der Waals surface area contributed by atoms with E-state index < -0.39 is 12.1 Å². The largest absolute Gasteiger partial charge is 0.393 e. The van der Waals surface area contributed by atoms with Gasteiger partial charge in [-0.1, -0.05) is 13.8 Å². The van der Waals surface area contributed by atoms with E-state index in [4.69, 9.17) is 0 Å². The molecular weight excluding hydrogens is 155 g/mol. The lowest BCUT2D eigenvalue weighted by Gasteiger charge is -2.23. The predicted octanol–water partition coefficient (Wildman–Crippen LogP) is 2.04. The fraction of sp³-hybridized carbons (Fsp3) is 1.00. The van der Waals surface area contributed by atoms with Crippen molar-refractivity contribution in [2.45, 2.75) is 20.0 Å². The molecule has 0 saturated heterocycles. The molecule has 0 heterocycles. The van der Waals surface area contributed by atoms with E-state index in [1.54, 1.807) is 13.8 Å². The van der Waals surface area contributed by atoms with E-state index >= 15 is 0 Å². The SMILES string of the molecule is CNCC(C(C)C)C(F)(F)F. The Bertz CT molecular complexity index is 109. The van der Waals surface area contributed by atoms with Crippen LogP contribution < -0.4 is 5.32 Å². The first-order chi connectivity index (χ1) is 4.89. The van der Waals surface area contributed by atoms with Gasteiger partial charge in [0.2, 0.25) is 0 Å². The highest BCUT2D eigenvalue weighted by atomic mass is 19.4. The summed E-state index contributed by atoms with van der Waals surface area (Å²) in [6.45, 7) is 3.16. The minimum absolute atomic E-state index is 0.00116. The van der Waals surface area contributed by atoms with Crippen LogP contribution in [0.2, 0.25) is 0 Å². The second kappa shape index (κ2) is 3.95. The average Bonchev–Trinajstić information content (AvgIpc) is 1.79. The van der Waals surface area contributed by atoms with Gasteiger partial charge in [-0.3, -0.25) is 0 Å². The Labute approximate surface area is 65.0 Å². The molecule has 0 rings (SSSR count). The summed E-state index contributed by atoms with van der Waals surface area (Å²) in [6, 6.07) is 0. The third-order valence-electron chi connectivity index (χ3n) is 1.65. The van der Waals surface area contributed by atoms with Gasteiger partial charge in [0.05, 0.1) is 5.92 Å². The van der Waals surface area contributed by atoms with Gasteiger partial charge in [-0.15, -0.1) is 0 Å². The Morgan fingerprint density at radius 2 is 1.73 bits per heavy atom. The van der Waals surface area contributed by atoms with Gasteiger partial charge in [0.25, 0.3) is 0 Å². The van der Waals surface area contributed by atoms with Crippen molar-refractivity contribution in [3.63, 3.8) is 0 Å². The van der Waals surface area contributed by atoms with Crippen molar-refractivity contribution >= 4 is 0 Å². The molecule has 0 aromatic heterocycles. The van der Waals surface area contributed by atoms with E-state index in [1.807, 2.05) is 0 Å². The smallest absolute Gasteiger partial charge is 0.319 e. The van der Waals surface area contributed by atoms with Crippen LogP contribution in [-0.2, 0) is 0 Å². The maximum atomic E-state index is 12.1. The lowest BCUT2D eigenvalue weighted by atomic mass is 9.95. The highest BCUT2D eigenvalue weighted by Gasteiger charge is 2.40. The molecule has 0 aliphatic heterocycles. The molecule has 1 atom stereocenters. The van der Waals surface area contributed by atoms with Crippen LogP contribution >= 0.6 is 0 Å². The van der Waals surface area contributed by atoms with Crippen LogP contribution in [0.4, 0.5) is 13.2 Å². The van der Waals surface area contributed by atoms with Crippen LogP contribution in [0.15, 0.2) is 0 Å². The summed E-state index contributed by atoms with van der Waals surface area (Å²) < 4.78 is 36.4. The predicted molar refractivity (Wildman–Crippen MR) is 38.3 cm³/mol. The average molecular weight is 169 g/mol. The minimum atomic E-state index is -4.07. The normalized spacial score (nSPS) is 15.5. The number of alkyl halides is 3. The van der Waals surface area contributed by atoms with Gasteiger partial charge in [0.15, 0.2) is 0 Å². The van der Waals surface area contributed by atoms with Gasteiger partial charge in [-0.05, 0) is 13.0 Å². The molecule has 4 heteroatoms. The van der Waals surface area contributed by atoms with Crippen LogP contribution in [0.3, 0.4) is 0 Å². The Morgan fingerprint density at radius 3 is 1.82 bits per heavy atom. The van der Waals surface area contributed by atoms with Crippen molar-refractivity contribution < 1.29 is 13.2 Å². The lowest BCUT2D eigenvalue weighted by molar-refractivity contribution is -0.184. The quantitative estimate of drug-likeness (QED) is 0.681. The zero-order valence-electron chi connectivity index (χ0n) is 7.00. The van der Waals surface area contributed by atoms with Gasteiger partial charge >= 0.3 is 6.18 Å². The molecule has 0 saturated carbocycles. The highest BCUT2D eigenvalue weighted by molar-refractivity contribution is 4.72. The van der Waals surface area contributed by atoms with E-state index in [-0.39, 0.29) is 12.5 Å². The second-order valence-corrected chi connectivity index (χ2v) is 2.95. The molecule has 1 nitrogen and oxygen atoms in total. The molecule has 0 aliphatic carbocycles. The molecule has 0 spiro atoms. The summed E-state index contributed by atoms with van der Waals surface area (Å²) in [5, 5.41) is 2.54. The molecule has 0 aliphatic rings. The highest BCUT2D eigenvalue weighted by Crippen LogP contribution is 2.31. The summed E-state index contributed by atoms with van der Waals surface area (Å²) in [5.74, 6) is -1.59. The van der Waals surface area contributed by atoms with Crippen LogP contribution in [-0.4, -0.2) is 19.8 Å². The van der Waals surface area contributed by atoms with Crippen LogP contribution in [0, 0.1) is 11.8 Å². The summed E-state index contributed by atoms with van der Waals surface area (Å²) in [7, 11) is 1.53. The molecule has 68 valence electrons. The maximum absolute atomic E-state index is 12.1. The first-order valence-electron chi connectivity index (χ1n) is 3.61. The number of halogens is 3. The fourth-order valence-electron chi connectivity index (χ4n) is 0.949. The molecule has 11 heavy (non-hydrogen) atoms. The Kier molecular flexibility index (Phi) is 3.86. The van der Waals surface area contributed by atoms with E-state index in [2.05, 4.69) is 5.32 Å². The molecular formula is C7H14F3N. The lowest BCUT2D eigenvalue weighted by Crippen LogP contribution is -2.35. The van der Waals surface area contributed by atoms with E-state index in [0.29, 0.717) is 0 Å². The zero-order chi connectivity index (χ0) is 9.07. The summed E-state index contributed by atoms with van der Waals surface area (Å²) in [6.07, 6.45) is -4.07. The van der Waals surface area contributed by atoms with Crippen molar-refractivity contribution in [2.75, 3.05) is 13.6 Å². The van der Waals surface area contributed by atoms with E-state index in [0.717, 1.165) is 0 Å². The summed E-state index contributed by atoms with van der Waals surface area (Å²) in [4.78, 5) is 0. The van der Waals surface area contributed by atoms with Crippen LogP contribution in [0.25, 0.3) is 0 Å². The number of rotatable bonds is 3. The number of hydrogen-bond donors (Lipinski definition) is 1. The third kappa shape index (κ3) is 3.60. The van der Waals surface area contributed by atoms with E-state index in [9.17, 15) is 13.2 Å². The topological polar surface area (TPSA) is 12.0 Å². The van der Waals surface area contributed by atoms with Gasteiger partial charge in [0.1, 0.15) is 0 Å². The van der Waals surface area contributed by atoms with Crippen molar-refractivity contribution in [3.05, 3.63) is 0 Å². The minimum Gasteiger partial charge on any atom is -0.319 e. The molecule has 0 fully saturated rings. The monoisotopic (exact) mass is 169 g/mol. The fourth-order valence-corrected chi connectivity index (χ4v) is 0.949. The van der Waals surface area contributed by atoms with Crippen LogP contribution in [0.1, 0.15) is 13.8 Å². The first-order valence-corrected chi connectivity index (χ1v) is 3.61. The standard InChI is InChI=1S/C7H14F3N/c1-5(2)6(4-11-3)7(8,9)10/h5-6,11H,4H2,1-3H3. The van der Waals surface area contributed by atoms with Crippen molar-refractivity contribution in [1.82, 2.24) is 5.32 Å². The molecule has 1 unspecified atom stereocenters. The maximum Gasteiger partial charge on any atom is 0.393 e. The zero-order valence-corrected chi connectivity index (χ0v) is 7.00. The van der Waals surface area contributed by atoms with Crippen molar-refractivity contribution in [2.24, 2.45) is 11.8 Å². The van der Waals surface area contributed by atoms with E-state index in [1.165, 1.54) is 7.05 Å².